The number of H-pyrrole nitrogens is 1. The van der Waals surface area contributed by atoms with Gasteiger partial charge in [-0.2, -0.15) is 0 Å². The molecule has 1 atom stereocenters. The molecule has 18 heteroatoms. The minimum absolute atomic E-state index is 0.0178. The first-order valence-electron chi connectivity index (χ1n) is 22.1. The van der Waals surface area contributed by atoms with Gasteiger partial charge in [-0.05, 0) is 79.3 Å². The number of nitro benzene ring substituents is 1. The molecule has 5 aromatic rings. The summed E-state index contributed by atoms with van der Waals surface area (Å²) in [6.45, 7) is 12.9. The maximum atomic E-state index is 14.1. The maximum absolute atomic E-state index is 14.1. The van der Waals surface area contributed by atoms with Crippen LogP contribution >= 0.6 is 11.6 Å². The summed E-state index contributed by atoms with van der Waals surface area (Å²) in [5, 5.41) is 17.1. The summed E-state index contributed by atoms with van der Waals surface area (Å²) < 4.78 is 42.3. The van der Waals surface area contributed by atoms with E-state index < -0.39 is 31.4 Å². The average molecular weight is 925 g/mol. The van der Waals surface area contributed by atoms with Gasteiger partial charge in [-0.1, -0.05) is 43.2 Å². The van der Waals surface area contributed by atoms with E-state index in [1.807, 2.05) is 18.2 Å². The molecule has 65 heavy (non-hydrogen) atoms. The van der Waals surface area contributed by atoms with Crippen LogP contribution in [0.25, 0.3) is 16.6 Å². The lowest BCUT2D eigenvalue weighted by Crippen LogP contribution is -2.50. The SMILES string of the molecule is CN1CCN(CC2COc3cc(S(=O)(=O)NC(=O)c4ccc(N5CCN(CC6=C(c7ccc(Cl)cc7)CC(C)(C)CC6)CC5)cc4Oc4cnc5[nH]ccc5c4)cc([N+](=O)[O-])c3N2)CC1. The minimum atomic E-state index is -4.65. The molecule has 0 spiro atoms. The first-order chi connectivity index (χ1) is 31.2. The van der Waals surface area contributed by atoms with Gasteiger partial charge in [-0.25, -0.2) is 18.1 Å². The summed E-state index contributed by atoms with van der Waals surface area (Å²) in [5.74, 6) is -0.493. The van der Waals surface area contributed by atoms with E-state index in [1.165, 1.54) is 29.0 Å². The molecule has 1 unspecified atom stereocenters. The van der Waals surface area contributed by atoms with Gasteiger partial charge in [-0.15, -0.1) is 0 Å². The zero-order chi connectivity index (χ0) is 45.5. The third kappa shape index (κ3) is 10.1. The van der Waals surface area contributed by atoms with Crippen molar-refractivity contribution < 1.29 is 27.6 Å². The number of allylic oxidation sites excluding steroid dienone is 1. The van der Waals surface area contributed by atoms with Crippen LogP contribution in [0, 0.1) is 15.5 Å². The van der Waals surface area contributed by atoms with E-state index in [4.69, 9.17) is 21.1 Å². The molecule has 1 amide bonds. The second-order valence-corrected chi connectivity index (χ2v) is 20.4. The van der Waals surface area contributed by atoms with Crippen LogP contribution in [0.5, 0.6) is 17.2 Å². The Morgan fingerprint density at radius 2 is 1.75 bits per heavy atom. The summed E-state index contributed by atoms with van der Waals surface area (Å²) in [7, 11) is -2.58. The number of ether oxygens (including phenoxy) is 2. The molecule has 4 aliphatic rings. The molecular formula is C47H54ClN9O7S. The van der Waals surface area contributed by atoms with Gasteiger partial charge in [0.2, 0.25) is 0 Å². The van der Waals surface area contributed by atoms with Crippen LogP contribution in [0.4, 0.5) is 17.1 Å². The van der Waals surface area contributed by atoms with Crippen LogP contribution in [0.3, 0.4) is 0 Å². The second kappa shape index (κ2) is 18.3. The molecule has 2 saturated heterocycles. The van der Waals surface area contributed by atoms with Gasteiger partial charge >= 0.3 is 0 Å². The van der Waals surface area contributed by atoms with Gasteiger partial charge in [0.15, 0.2) is 11.4 Å². The van der Waals surface area contributed by atoms with Crippen molar-refractivity contribution in [3.8, 4) is 17.2 Å². The Bertz CT molecular complexity index is 2750. The molecule has 0 radical (unpaired) electrons. The second-order valence-electron chi connectivity index (χ2n) is 18.3. The molecule has 3 N–H and O–H groups in total. The lowest BCUT2D eigenvalue weighted by atomic mass is 9.72. The molecule has 1 aliphatic carbocycles. The number of carbonyl (C=O) groups excluding carboxylic acids is 1. The number of amides is 1. The van der Waals surface area contributed by atoms with E-state index in [-0.39, 0.29) is 40.8 Å². The number of pyridine rings is 1. The molecular weight excluding hydrogens is 870 g/mol. The van der Waals surface area contributed by atoms with Crippen molar-refractivity contribution in [2.45, 2.75) is 44.0 Å². The molecule has 0 saturated carbocycles. The number of benzene rings is 3. The summed E-state index contributed by atoms with van der Waals surface area (Å²) >= 11 is 6.25. The minimum Gasteiger partial charge on any atom is -0.489 e. The number of aromatic nitrogens is 2. The molecule has 5 heterocycles. The third-order valence-electron chi connectivity index (χ3n) is 13.0. The monoisotopic (exact) mass is 923 g/mol. The number of nitrogens with one attached hydrogen (secondary N) is 3. The first-order valence-corrected chi connectivity index (χ1v) is 23.9. The molecule has 16 nitrogen and oxygen atoms in total. The van der Waals surface area contributed by atoms with E-state index in [1.54, 1.807) is 30.5 Å². The molecule has 342 valence electrons. The van der Waals surface area contributed by atoms with Crippen LogP contribution in [0.15, 0.2) is 89.6 Å². The number of hydrogen-bond donors (Lipinski definition) is 3. The number of aromatic amines is 1. The van der Waals surface area contributed by atoms with Gasteiger partial charge in [-0.3, -0.25) is 24.7 Å². The molecule has 3 aliphatic heterocycles. The standard InChI is InChI=1S/C47H54ClN9O7S/c1-47(2)12-10-33(40(26-47)31-4-6-34(48)7-5-31)28-54-18-20-56(21-19-54)36-8-9-39(42(23-36)64-37-22-32-11-13-49-45(32)50-27-37)46(58)52-65(61,62)38-24-41(57(59)60)44-43(25-38)63-30-35(51-44)29-55-16-14-53(3)15-17-55/h4-9,11,13,22-25,27,35,51H,10,12,14-21,26,28-30H2,1-3H3,(H,49,50)(H,52,58). The number of nitro groups is 1. The van der Waals surface area contributed by atoms with Crippen molar-refractivity contribution in [3.63, 3.8) is 0 Å². The van der Waals surface area contributed by atoms with Crippen LogP contribution in [0.1, 0.15) is 49.0 Å². The van der Waals surface area contributed by atoms with Crippen molar-refractivity contribution in [1.82, 2.24) is 29.4 Å². The molecule has 0 bridgehead atoms. The summed E-state index contributed by atoms with van der Waals surface area (Å²) in [5.41, 5.74) is 5.36. The van der Waals surface area contributed by atoms with E-state index in [9.17, 15) is 23.3 Å². The lowest BCUT2D eigenvalue weighted by Gasteiger charge is -2.39. The Labute approximate surface area is 383 Å². The Kier molecular flexibility index (Phi) is 12.5. The fraction of sp³-hybridized carbons (Fsp3) is 0.404. The number of nitrogens with zero attached hydrogens (tertiary/aromatic N) is 6. The number of carbonyl (C=O) groups is 1. The Hall–Kier alpha value is -5.72. The predicted molar refractivity (Wildman–Crippen MR) is 252 cm³/mol. The van der Waals surface area contributed by atoms with E-state index in [0.29, 0.717) is 17.9 Å². The highest BCUT2D eigenvalue weighted by molar-refractivity contribution is 7.90. The van der Waals surface area contributed by atoms with E-state index >= 15 is 0 Å². The predicted octanol–water partition coefficient (Wildman–Crippen LogP) is 7.24. The maximum Gasteiger partial charge on any atom is 0.297 e. The Morgan fingerprint density at radius 1 is 1.00 bits per heavy atom. The number of likely N-dealkylation sites (N-methyl/N-ethyl adjacent to an activating group) is 1. The van der Waals surface area contributed by atoms with Crippen LogP contribution in [-0.4, -0.2) is 129 Å². The first kappa shape index (κ1) is 44.5. The van der Waals surface area contributed by atoms with Crippen LogP contribution < -0.4 is 24.4 Å². The number of hydrogen-bond acceptors (Lipinski definition) is 13. The van der Waals surface area contributed by atoms with Crippen molar-refractivity contribution in [2.75, 3.05) is 89.3 Å². The van der Waals surface area contributed by atoms with Crippen LogP contribution in [-0.2, 0) is 10.0 Å². The van der Waals surface area contributed by atoms with Crippen molar-refractivity contribution in [2.24, 2.45) is 5.41 Å². The zero-order valence-corrected chi connectivity index (χ0v) is 38.4. The number of anilines is 2. The number of rotatable bonds is 12. The molecule has 3 aromatic carbocycles. The number of halogens is 1. The van der Waals surface area contributed by atoms with Crippen LogP contribution in [0.2, 0.25) is 5.02 Å². The highest BCUT2D eigenvalue weighted by atomic mass is 35.5. The molecule has 2 aromatic heterocycles. The van der Waals surface area contributed by atoms with Crippen molar-refractivity contribution in [1.29, 1.82) is 0 Å². The molecule has 9 rings (SSSR count). The number of sulfonamides is 1. The fourth-order valence-corrected chi connectivity index (χ4v) is 10.4. The average Bonchev–Trinajstić information content (AvgIpc) is 3.76. The van der Waals surface area contributed by atoms with Gasteiger partial charge in [0.1, 0.15) is 23.8 Å². The topological polar surface area (TPSA) is 179 Å². The quantitative estimate of drug-likeness (QED) is 0.0844. The zero-order valence-electron chi connectivity index (χ0n) is 36.8. The van der Waals surface area contributed by atoms with E-state index in [2.05, 4.69) is 72.6 Å². The normalized spacial score (nSPS) is 19.6. The largest absolute Gasteiger partial charge is 0.489 e. The fourth-order valence-electron chi connectivity index (χ4n) is 9.23. The summed E-state index contributed by atoms with van der Waals surface area (Å²) in [4.78, 5) is 42.0. The highest BCUT2D eigenvalue weighted by Crippen LogP contribution is 2.44. The summed E-state index contributed by atoms with van der Waals surface area (Å²) in [6.07, 6.45) is 6.47. The lowest BCUT2D eigenvalue weighted by molar-refractivity contribution is -0.384. The summed E-state index contributed by atoms with van der Waals surface area (Å²) in [6, 6.07) is 18.8. The van der Waals surface area contributed by atoms with Gasteiger partial charge in [0.05, 0.1) is 27.6 Å². The van der Waals surface area contributed by atoms with Crippen molar-refractivity contribution in [3.05, 3.63) is 111 Å². The Balaban J connectivity index is 0.933. The van der Waals surface area contributed by atoms with E-state index in [0.717, 1.165) is 100 Å². The van der Waals surface area contributed by atoms with Gasteiger partial charge in [0, 0.05) is 106 Å². The smallest absolute Gasteiger partial charge is 0.297 e. The van der Waals surface area contributed by atoms with Gasteiger partial charge < -0.3 is 29.6 Å². The third-order valence-corrected chi connectivity index (χ3v) is 14.6. The van der Waals surface area contributed by atoms with Gasteiger partial charge in [0.25, 0.3) is 21.6 Å². The number of fused-ring (bicyclic) bond motifs is 2. The molecule has 2 fully saturated rings. The highest BCUT2D eigenvalue weighted by Gasteiger charge is 2.34. The number of piperazine rings is 2. The Morgan fingerprint density at radius 3 is 2.51 bits per heavy atom. The van der Waals surface area contributed by atoms with Crippen molar-refractivity contribution >= 4 is 61.2 Å².